The Hall–Kier alpha value is -1.56. The molecule has 0 spiro atoms. The highest BCUT2D eigenvalue weighted by Gasteiger charge is 2.48. The predicted octanol–water partition coefficient (Wildman–Crippen LogP) is 5.89. The van der Waals surface area contributed by atoms with Gasteiger partial charge in [-0.15, -0.1) is 0 Å². The Morgan fingerprint density at radius 3 is 2.46 bits per heavy atom. The number of anilines is 1. The first-order valence-corrected chi connectivity index (χ1v) is 10.9. The fraction of sp³-hybridized carbons (Fsp3) is 0.333. The highest BCUT2D eigenvalue weighted by atomic mass is 79.9. The lowest BCUT2D eigenvalue weighted by Crippen LogP contribution is -2.63. The molecule has 4 nitrogen and oxygen atoms in total. The summed E-state index contributed by atoms with van der Waals surface area (Å²) in [5.41, 5.74) is 1.50. The Morgan fingerprint density at radius 2 is 1.75 bits per heavy atom. The van der Waals surface area contributed by atoms with Gasteiger partial charge in [-0.25, -0.2) is 9.69 Å². The molecule has 3 amide bonds. The molecule has 28 heavy (non-hydrogen) atoms. The van der Waals surface area contributed by atoms with Gasteiger partial charge in [0.05, 0.1) is 11.6 Å². The number of imide groups is 1. The normalized spacial score (nSPS) is 25.0. The summed E-state index contributed by atoms with van der Waals surface area (Å²) >= 11 is 15.8. The first-order valence-electron chi connectivity index (χ1n) is 9.22. The maximum Gasteiger partial charge on any atom is 0.331 e. The maximum absolute atomic E-state index is 13.4. The average molecular weight is 482 g/mol. The van der Waals surface area contributed by atoms with Crippen LogP contribution in [-0.2, 0) is 11.3 Å². The number of carbonyl (C=O) groups excluding carboxylic acids is 2. The highest BCUT2D eigenvalue weighted by Crippen LogP contribution is 2.39. The van der Waals surface area contributed by atoms with Crippen LogP contribution in [0.5, 0.6) is 0 Å². The molecule has 4 rings (SSSR count). The van der Waals surface area contributed by atoms with Gasteiger partial charge < -0.3 is 4.90 Å². The lowest BCUT2D eigenvalue weighted by molar-refractivity contribution is -0.126. The minimum Gasteiger partial charge on any atom is -0.316 e. The van der Waals surface area contributed by atoms with E-state index in [1.165, 1.54) is 4.90 Å². The zero-order valence-corrected chi connectivity index (χ0v) is 18.1. The maximum atomic E-state index is 13.4. The second kappa shape index (κ2) is 8.05. The van der Waals surface area contributed by atoms with Crippen molar-refractivity contribution < 1.29 is 9.59 Å². The molecule has 146 valence electrons. The standard InChI is InChI=1S/C21H19BrCl2N2O2/c22-14-6-9-19-18(10-14)20(27)26(17-3-1-2-16(24)11-17)21(28)25(19)12-13-4-7-15(23)8-5-13/h1-5,7-8,11,14,18-19H,6,9-10,12H2. The third-order valence-corrected chi connectivity index (χ3v) is 6.78. The molecule has 2 fully saturated rings. The zero-order chi connectivity index (χ0) is 19.8. The van der Waals surface area contributed by atoms with Crippen molar-refractivity contribution in [1.29, 1.82) is 0 Å². The van der Waals surface area contributed by atoms with E-state index in [1.54, 1.807) is 24.3 Å². The number of urea groups is 1. The van der Waals surface area contributed by atoms with E-state index in [2.05, 4.69) is 15.9 Å². The van der Waals surface area contributed by atoms with Crippen molar-refractivity contribution in [2.45, 2.75) is 36.7 Å². The second-order valence-electron chi connectivity index (χ2n) is 7.27. The van der Waals surface area contributed by atoms with Gasteiger partial charge in [-0.1, -0.05) is 57.3 Å². The van der Waals surface area contributed by atoms with Crippen molar-refractivity contribution in [1.82, 2.24) is 4.90 Å². The highest BCUT2D eigenvalue weighted by molar-refractivity contribution is 9.09. The van der Waals surface area contributed by atoms with Crippen molar-refractivity contribution >= 4 is 56.8 Å². The van der Waals surface area contributed by atoms with E-state index in [0.717, 1.165) is 18.4 Å². The number of fused-ring (bicyclic) bond motifs is 1. The Kier molecular flexibility index (Phi) is 5.68. The van der Waals surface area contributed by atoms with Crippen LogP contribution < -0.4 is 4.90 Å². The monoisotopic (exact) mass is 480 g/mol. The van der Waals surface area contributed by atoms with Crippen molar-refractivity contribution in [2.75, 3.05) is 4.90 Å². The van der Waals surface area contributed by atoms with E-state index in [4.69, 9.17) is 23.2 Å². The summed E-state index contributed by atoms with van der Waals surface area (Å²) in [6.07, 6.45) is 2.45. The quantitative estimate of drug-likeness (QED) is 0.512. The van der Waals surface area contributed by atoms with Crippen LogP contribution >= 0.6 is 39.1 Å². The third kappa shape index (κ3) is 3.80. The Bertz CT molecular complexity index is 906. The van der Waals surface area contributed by atoms with Crippen LogP contribution in [0.3, 0.4) is 0 Å². The van der Waals surface area contributed by atoms with E-state index >= 15 is 0 Å². The van der Waals surface area contributed by atoms with Crippen LogP contribution in [0.1, 0.15) is 24.8 Å². The fourth-order valence-corrected chi connectivity index (χ4v) is 5.07. The van der Waals surface area contributed by atoms with Crippen molar-refractivity contribution in [2.24, 2.45) is 5.92 Å². The minimum absolute atomic E-state index is 0.0973. The summed E-state index contributed by atoms with van der Waals surface area (Å²) in [6.45, 7) is 0.439. The number of hydrogen-bond acceptors (Lipinski definition) is 2. The number of benzene rings is 2. The predicted molar refractivity (Wildman–Crippen MR) is 115 cm³/mol. The average Bonchev–Trinajstić information content (AvgIpc) is 2.67. The second-order valence-corrected chi connectivity index (χ2v) is 9.44. The molecule has 0 bridgehead atoms. The summed E-state index contributed by atoms with van der Waals surface area (Å²) < 4.78 is 0. The lowest BCUT2D eigenvalue weighted by Gasteiger charge is -2.47. The zero-order valence-electron chi connectivity index (χ0n) is 15.0. The summed E-state index contributed by atoms with van der Waals surface area (Å²) in [5.74, 6) is -0.379. The van der Waals surface area contributed by atoms with Crippen LogP contribution in [0.2, 0.25) is 10.0 Å². The van der Waals surface area contributed by atoms with E-state index in [1.807, 2.05) is 29.2 Å². The summed E-state index contributed by atoms with van der Waals surface area (Å²) in [5, 5.41) is 1.15. The van der Waals surface area contributed by atoms with Gasteiger partial charge in [0.15, 0.2) is 0 Å². The van der Waals surface area contributed by atoms with E-state index < -0.39 is 0 Å². The SMILES string of the molecule is O=C1C2CC(Br)CCC2N(Cc2ccc(Cl)cc2)C(=O)N1c1cccc(Cl)c1. The van der Waals surface area contributed by atoms with Gasteiger partial charge in [-0.3, -0.25) is 4.79 Å². The van der Waals surface area contributed by atoms with Gasteiger partial charge in [0.1, 0.15) is 0 Å². The van der Waals surface area contributed by atoms with Gasteiger partial charge in [0, 0.05) is 27.5 Å². The molecular formula is C21H19BrCl2N2O2. The van der Waals surface area contributed by atoms with Crippen LogP contribution in [0.25, 0.3) is 0 Å². The topological polar surface area (TPSA) is 40.6 Å². The van der Waals surface area contributed by atoms with Gasteiger partial charge in [0.2, 0.25) is 5.91 Å². The molecule has 3 atom stereocenters. The van der Waals surface area contributed by atoms with Crippen LogP contribution in [-0.4, -0.2) is 27.7 Å². The largest absolute Gasteiger partial charge is 0.331 e. The number of hydrogen-bond donors (Lipinski definition) is 0. The molecular weight excluding hydrogens is 463 g/mol. The molecule has 2 aromatic carbocycles. The molecule has 3 unspecified atom stereocenters. The van der Waals surface area contributed by atoms with Gasteiger partial charge in [0.25, 0.3) is 0 Å². The van der Waals surface area contributed by atoms with E-state index in [0.29, 0.717) is 28.7 Å². The van der Waals surface area contributed by atoms with E-state index in [9.17, 15) is 9.59 Å². The number of amides is 3. The Morgan fingerprint density at radius 1 is 1.00 bits per heavy atom. The molecule has 7 heteroatoms. The molecule has 0 aromatic heterocycles. The molecule has 2 aliphatic rings. The fourth-order valence-electron chi connectivity index (χ4n) is 4.10. The number of rotatable bonds is 3. The van der Waals surface area contributed by atoms with Crippen molar-refractivity contribution in [3.63, 3.8) is 0 Å². The number of halogens is 3. The van der Waals surface area contributed by atoms with Gasteiger partial charge in [-0.05, 0) is 55.2 Å². The first-order chi connectivity index (χ1) is 13.4. The lowest BCUT2D eigenvalue weighted by atomic mass is 9.80. The van der Waals surface area contributed by atoms with Crippen LogP contribution in [0.4, 0.5) is 10.5 Å². The number of nitrogens with zero attached hydrogens (tertiary/aromatic N) is 2. The molecule has 1 saturated heterocycles. The molecule has 2 aromatic rings. The molecule has 1 aliphatic heterocycles. The number of alkyl halides is 1. The van der Waals surface area contributed by atoms with Gasteiger partial charge >= 0.3 is 6.03 Å². The van der Waals surface area contributed by atoms with Crippen LogP contribution in [0.15, 0.2) is 48.5 Å². The van der Waals surface area contributed by atoms with Gasteiger partial charge in [-0.2, -0.15) is 0 Å². The van der Waals surface area contributed by atoms with Crippen molar-refractivity contribution in [3.05, 3.63) is 64.1 Å². The Labute approximate surface area is 182 Å². The summed E-state index contributed by atoms with van der Waals surface area (Å²) in [6, 6.07) is 14.0. The van der Waals surface area contributed by atoms with E-state index in [-0.39, 0.29) is 28.7 Å². The Balaban J connectivity index is 1.71. The third-order valence-electron chi connectivity index (χ3n) is 5.46. The number of carbonyl (C=O) groups is 2. The van der Waals surface area contributed by atoms with Crippen LogP contribution in [0, 0.1) is 5.92 Å². The smallest absolute Gasteiger partial charge is 0.316 e. The molecule has 1 aliphatic carbocycles. The first kappa shape index (κ1) is 19.7. The summed E-state index contributed by atoms with van der Waals surface area (Å²) in [4.78, 5) is 30.1. The molecule has 1 saturated carbocycles. The molecule has 1 heterocycles. The summed E-state index contributed by atoms with van der Waals surface area (Å²) in [7, 11) is 0. The molecule has 0 radical (unpaired) electrons. The molecule has 0 N–H and O–H groups in total. The van der Waals surface area contributed by atoms with Crippen molar-refractivity contribution in [3.8, 4) is 0 Å². The minimum atomic E-state index is -0.295.